The molecule has 1 N–H and O–H groups in total. The first kappa shape index (κ1) is 19.9. The highest BCUT2D eigenvalue weighted by molar-refractivity contribution is 7.99. The van der Waals surface area contributed by atoms with Crippen molar-refractivity contribution in [3.63, 3.8) is 0 Å². The fourth-order valence-electron chi connectivity index (χ4n) is 3.23. The number of fused-ring (bicyclic) bond motifs is 1. The van der Waals surface area contributed by atoms with Gasteiger partial charge in [0, 0.05) is 11.3 Å². The van der Waals surface area contributed by atoms with E-state index in [0.29, 0.717) is 10.8 Å². The van der Waals surface area contributed by atoms with Gasteiger partial charge in [0.25, 0.3) is 0 Å². The number of rotatable bonds is 6. The van der Waals surface area contributed by atoms with E-state index in [1.54, 1.807) is 11.6 Å². The van der Waals surface area contributed by atoms with Crippen LogP contribution >= 0.6 is 11.8 Å². The number of nitrogens with one attached hydrogen (secondary N) is 1. The Balaban J connectivity index is 1.52. The van der Waals surface area contributed by atoms with Crippen molar-refractivity contribution in [2.24, 2.45) is 0 Å². The van der Waals surface area contributed by atoms with Crippen LogP contribution in [0.1, 0.15) is 11.1 Å². The quantitative estimate of drug-likeness (QED) is 0.473. The van der Waals surface area contributed by atoms with Gasteiger partial charge in [-0.2, -0.15) is 9.61 Å². The third-order valence-corrected chi connectivity index (χ3v) is 5.37. The van der Waals surface area contributed by atoms with Gasteiger partial charge >= 0.3 is 0 Å². The van der Waals surface area contributed by atoms with Crippen LogP contribution < -0.4 is 10.1 Å². The van der Waals surface area contributed by atoms with Crippen molar-refractivity contribution in [2.75, 3.05) is 18.2 Å². The molecule has 0 unspecified atom stereocenters. The lowest BCUT2D eigenvalue weighted by molar-refractivity contribution is -0.113. The van der Waals surface area contributed by atoms with Gasteiger partial charge in [0.1, 0.15) is 5.75 Å². The minimum absolute atomic E-state index is 0.109. The summed E-state index contributed by atoms with van der Waals surface area (Å²) in [6, 6.07) is 17.4. The number of aryl methyl sites for hydroxylation is 2. The van der Waals surface area contributed by atoms with E-state index in [1.165, 1.54) is 11.8 Å². The van der Waals surface area contributed by atoms with Crippen LogP contribution in [0.25, 0.3) is 16.9 Å². The Morgan fingerprint density at radius 3 is 2.60 bits per heavy atom. The van der Waals surface area contributed by atoms with E-state index >= 15 is 0 Å². The van der Waals surface area contributed by atoms with Crippen molar-refractivity contribution in [1.82, 2.24) is 19.8 Å². The Kier molecular flexibility index (Phi) is 5.67. The van der Waals surface area contributed by atoms with E-state index in [-0.39, 0.29) is 11.7 Å². The summed E-state index contributed by atoms with van der Waals surface area (Å²) in [7, 11) is 1.63. The van der Waals surface area contributed by atoms with Crippen LogP contribution in [0, 0.1) is 13.8 Å². The Morgan fingerprint density at radius 1 is 1.07 bits per heavy atom. The molecule has 30 heavy (non-hydrogen) atoms. The Hall–Kier alpha value is -3.39. The van der Waals surface area contributed by atoms with Crippen molar-refractivity contribution < 1.29 is 9.53 Å². The molecule has 152 valence electrons. The molecule has 2 heterocycles. The number of hydrogen-bond donors (Lipinski definition) is 1. The van der Waals surface area contributed by atoms with E-state index in [4.69, 9.17) is 4.74 Å². The molecule has 1 amide bonds. The molecular weight excluding hydrogens is 398 g/mol. The molecule has 2 aromatic carbocycles. The molecule has 0 aliphatic carbocycles. The molecule has 0 aliphatic heterocycles. The number of aromatic nitrogens is 4. The molecule has 8 heteroatoms. The second-order valence-electron chi connectivity index (χ2n) is 6.88. The number of carbonyl (C=O) groups is 1. The lowest BCUT2D eigenvalue weighted by Crippen LogP contribution is -2.14. The SMILES string of the molecule is COc1ccccc1-c1ccc2nnc(SCC(=O)Nc3cc(C)cc(C)c3)n2n1. The van der Waals surface area contributed by atoms with Crippen molar-refractivity contribution >= 4 is 29.0 Å². The molecule has 0 saturated carbocycles. The predicted octanol–water partition coefficient (Wildman–Crippen LogP) is 4.15. The monoisotopic (exact) mass is 419 g/mol. The summed E-state index contributed by atoms with van der Waals surface area (Å²) in [6.45, 7) is 4.01. The first-order valence-electron chi connectivity index (χ1n) is 9.40. The lowest BCUT2D eigenvalue weighted by Gasteiger charge is -2.08. The van der Waals surface area contributed by atoms with Crippen LogP contribution in [0.4, 0.5) is 5.69 Å². The van der Waals surface area contributed by atoms with Crippen molar-refractivity contribution in [3.05, 3.63) is 65.7 Å². The molecule has 0 atom stereocenters. The fourth-order valence-corrected chi connectivity index (χ4v) is 3.92. The largest absolute Gasteiger partial charge is 0.496 e. The van der Waals surface area contributed by atoms with E-state index in [0.717, 1.165) is 33.8 Å². The number of nitrogens with zero attached hydrogens (tertiary/aromatic N) is 4. The van der Waals surface area contributed by atoms with E-state index in [2.05, 4.69) is 26.7 Å². The first-order valence-corrected chi connectivity index (χ1v) is 10.4. The van der Waals surface area contributed by atoms with Gasteiger partial charge in [-0.1, -0.05) is 30.0 Å². The number of amides is 1. The lowest BCUT2D eigenvalue weighted by atomic mass is 10.1. The number of hydrogen-bond acceptors (Lipinski definition) is 6. The number of benzene rings is 2. The van der Waals surface area contributed by atoms with Gasteiger partial charge in [-0.15, -0.1) is 10.2 Å². The van der Waals surface area contributed by atoms with Gasteiger partial charge in [-0.25, -0.2) is 0 Å². The maximum atomic E-state index is 12.4. The van der Waals surface area contributed by atoms with Gasteiger partial charge in [-0.3, -0.25) is 4.79 Å². The Morgan fingerprint density at radius 2 is 1.83 bits per heavy atom. The summed E-state index contributed by atoms with van der Waals surface area (Å²) in [5.74, 6) is 0.830. The molecule has 0 radical (unpaired) electrons. The number of carbonyl (C=O) groups excluding carboxylic acids is 1. The fraction of sp³-hybridized carbons (Fsp3) is 0.182. The Bertz CT molecular complexity index is 1200. The van der Waals surface area contributed by atoms with Crippen molar-refractivity contribution in [1.29, 1.82) is 0 Å². The minimum Gasteiger partial charge on any atom is -0.496 e. The number of para-hydroxylation sites is 1. The van der Waals surface area contributed by atoms with Gasteiger partial charge in [0.2, 0.25) is 11.1 Å². The highest BCUT2D eigenvalue weighted by atomic mass is 32.2. The predicted molar refractivity (Wildman–Crippen MR) is 118 cm³/mol. The molecule has 2 aromatic heterocycles. The zero-order valence-electron chi connectivity index (χ0n) is 16.9. The molecule has 0 saturated heterocycles. The third-order valence-electron chi connectivity index (χ3n) is 4.45. The standard InChI is InChI=1S/C22H21N5O2S/c1-14-10-15(2)12-16(11-14)23-21(28)13-30-22-25-24-20-9-8-18(26-27(20)22)17-6-4-5-7-19(17)29-3/h4-12H,13H2,1-3H3,(H,23,28). The maximum Gasteiger partial charge on any atom is 0.234 e. The van der Waals surface area contributed by atoms with Crippen molar-refractivity contribution in [2.45, 2.75) is 19.0 Å². The molecule has 0 aliphatic rings. The van der Waals surface area contributed by atoms with Crippen LogP contribution in [0.3, 0.4) is 0 Å². The van der Waals surface area contributed by atoms with Crippen LogP contribution in [-0.4, -0.2) is 38.6 Å². The summed E-state index contributed by atoms with van der Waals surface area (Å²) in [6.07, 6.45) is 0. The number of ether oxygens (including phenoxy) is 1. The molecule has 0 spiro atoms. The number of anilines is 1. The average molecular weight is 420 g/mol. The normalized spacial score (nSPS) is 10.9. The summed E-state index contributed by atoms with van der Waals surface area (Å²) < 4.78 is 7.09. The number of methoxy groups -OCH3 is 1. The molecule has 0 fully saturated rings. The van der Waals surface area contributed by atoms with Crippen molar-refractivity contribution in [3.8, 4) is 17.0 Å². The first-order chi connectivity index (χ1) is 14.5. The second-order valence-corrected chi connectivity index (χ2v) is 7.83. The van der Waals surface area contributed by atoms with Gasteiger partial charge in [-0.05, 0) is 61.4 Å². The molecule has 4 aromatic rings. The average Bonchev–Trinajstić information content (AvgIpc) is 3.13. The zero-order valence-corrected chi connectivity index (χ0v) is 17.7. The van der Waals surface area contributed by atoms with Gasteiger partial charge in [0.15, 0.2) is 5.65 Å². The highest BCUT2D eigenvalue weighted by Crippen LogP contribution is 2.28. The topological polar surface area (TPSA) is 81.4 Å². The minimum atomic E-state index is -0.109. The summed E-state index contributed by atoms with van der Waals surface area (Å²) in [5.41, 5.74) is 5.23. The molecule has 4 rings (SSSR count). The molecule has 7 nitrogen and oxygen atoms in total. The summed E-state index contributed by atoms with van der Waals surface area (Å²) in [5, 5.41) is 16.5. The smallest absolute Gasteiger partial charge is 0.234 e. The summed E-state index contributed by atoms with van der Waals surface area (Å²) >= 11 is 1.29. The van der Waals surface area contributed by atoms with Gasteiger partial charge in [0.05, 0.1) is 18.6 Å². The van der Waals surface area contributed by atoms with E-state index in [1.807, 2.05) is 62.4 Å². The third kappa shape index (κ3) is 4.28. The molecular formula is C22H21N5O2S. The Labute approximate surface area is 178 Å². The highest BCUT2D eigenvalue weighted by Gasteiger charge is 2.13. The zero-order chi connectivity index (χ0) is 21.1. The van der Waals surface area contributed by atoms with Crippen LogP contribution in [0.5, 0.6) is 5.75 Å². The van der Waals surface area contributed by atoms with Crippen LogP contribution in [-0.2, 0) is 4.79 Å². The van der Waals surface area contributed by atoms with E-state index in [9.17, 15) is 4.79 Å². The van der Waals surface area contributed by atoms with Gasteiger partial charge < -0.3 is 10.1 Å². The second kappa shape index (κ2) is 8.54. The van der Waals surface area contributed by atoms with Crippen LogP contribution in [0.2, 0.25) is 0 Å². The number of thioether (sulfide) groups is 1. The van der Waals surface area contributed by atoms with E-state index < -0.39 is 0 Å². The summed E-state index contributed by atoms with van der Waals surface area (Å²) in [4.78, 5) is 12.4. The van der Waals surface area contributed by atoms with Crippen LogP contribution in [0.15, 0.2) is 59.8 Å². The maximum absolute atomic E-state index is 12.4. The molecule has 0 bridgehead atoms.